The SMILES string of the molecule is Cc1cc(O)cc(C)c1CC(N)C(=O)N1Cc2ccccc2C[C@H]1C(=O)NC(CC(=O)O)c1nc2ccccc2[nH]1. The number of H-pyrrole nitrogens is 1. The molecular weight excluding hydrogens is 522 g/mol. The third-order valence-electron chi connectivity index (χ3n) is 7.69. The van der Waals surface area contributed by atoms with Crippen molar-refractivity contribution in [2.24, 2.45) is 5.73 Å². The molecule has 10 nitrogen and oxygen atoms in total. The van der Waals surface area contributed by atoms with Crippen LogP contribution in [0, 0.1) is 13.8 Å². The summed E-state index contributed by atoms with van der Waals surface area (Å²) in [5.41, 5.74) is 12.2. The van der Waals surface area contributed by atoms with Gasteiger partial charge in [0.1, 0.15) is 17.6 Å². The van der Waals surface area contributed by atoms with Crippen molar-refractivity contribution in [1.82, 2.24) is 20.2 Å². The molecule has 0 bridgehead atoms. The number of aliphatic carboxylic acids is 1. The maximum atomic E-state index is 13.8. The standard InChI is InChI=1S/C31H33N5O5/c1-17-11-21(37)12-18(2)22(17)14-23(32)31(41)36-16-20-8-4-3-7-19(20)13-27(36)30(40)35-26(15-28(38)39)29-33-24-9-5-6-10-25(24)34-29/h3-12,23,26-27,37H,13-16,32H2,1-2H3,(H,33,34)(H,35,40)(H,38,39)/t23?,26?,27-/m0/s1. The van der Waals surface area contributed by atoms with E-state index in [9.17, 15) is 24.6 Å². The summed E-state index contributed by atoms with van der Waals surface area (Å²) in [6, 6.07) is 15.4. The fraction of sp³-hybridized carbons (Fsp3) is 0.290. The maximum absolute atomic E-state index is 13.8. The number of aryl methyl sites for hydroxylation is 2. The van der Waals surface area contributed by atoms with Crippen molar-refractivity contribution in [2.75, 3.05) is 0 Å². The highest BCUT2D eigenvalue weighted by atomic mass is 16.4. The van der Waals surface area contributed by atoms with Crippen LogP contribution in [0.15, 0.2) is 60.7 Å². The van der Waals surface area contributed by atoms with E-state index in [0.717, 1.165) is 33.3 Å². The van der Waals surface area contributed by atoms with Crippen LogP contribution in [0.4, 0.5) is 0 Å². The molecule has 212 valence electrons. The number of para-hydroxylation sites is 2. The molecule has 1 aromatic heterocycles. The van der Waals surface area contributed by atoms with Crippen molar-refractivity contribution in [1.29, 1.82) is 0 Å². The predicted molar refractivity (Wildman–Crippen MR) is 153 cm³/mol. The van der Waals surface area contributed by atoms with E-state index < -0.39 is 30.0 Å². The lowest BCUT2D eigenvalue weighted by molar-refractivity contribution is -0.144. The van der Waals surface area contributed by atoms with Crippen molar-refractivity contribution in [3.63, 3.8) is 0 Å². The Morgan fingerprint density at radius 1 is 1.07 bits per heavy atom. The number of benzene rings is 3. The molecule has 2 unspecified atom stereocenters. The number of hydrogen-bond acceptors (Lipinski definition) is 6. The van der Waals surface area contributed by atoms with Crippen molar-refractivity contribution >= 4 is 28.8 Å². The van der Waals surface area contributed by atoms with Gasteiger partial charge in [-0.2, -0.15) is 0 Å². The first-order valence-electron chi connectivity index (χ1n) is 13.5. The van der Waals surface area contributed by atoms with Gasteiger partial charge in [-0.3, -0.25) is 14.4 Å². The van der Waals surface area contributed by atoms with Crippen LogP contribution in [0.2, 0.25) is 0 Å². The third kappa shape index (κ3) is 5.92. The first-order chi connectivity index (χ1) is 19.6. The average Bonchev–Trinajstić information content (AvgIpc) is 3.37. The molecule has 2 amide bonds. The van der Waals surface area contributed by atoms with Crippen LogP contribution in [0.1, 0.15) is 46.1 Å². The largest absolute Gasteiger partial charge is 0.508 e. The molecule has 2 heterocycles. The third-order valence-corrected chi connectivity index (χ3v) is 7.69. The van der Waals surface area contributed by atoms with Crippen LogP contribution in [-0.4, -0.2) is 54.9 Å². The Kier molecular flexibility index (Phi) is 7.76. The van der Waals surface area contributed by atoms with E-state index in [4.69, 9.17) is 5.73 Å². The predicted octanol–water partition coefficient (Wildman–Crippen LogP) is 3.04. The Bertz CT molecular complexity index is 1570. The number of phenols is 1. The topological polar surface area (TPSA) is 162 Å². The van der Waals surface area contributed by atoms with E-state index in [1.807, 2.05) is 56.3 Å². The van der Waals surface area contributed by atoms with Crippen molar-refractivity contribution in [3.05, 3.63) is 94.3 Å². The molecule has 4 aromatic rings. The number of aromatic nitrogens is 2. The van der Waals surface area contributed by atoms with Crippen LogP contribution < -0.4 is 11.1 Å². The van der Waals surface area contributed by atoms with Crippen LogP contribution in [-0.2, 0) is 33.8 Å². The summed E-state index contributed by atoms with van der Waals surface area (Å²) in [4.78, 5) is 48.5. The van der Waals surface area contributed by atoms with E-state index in [1.54, 1.807) is 18.2 Å². The first kappa shape index (κ1) is 27.9. The lowest BCUT2D eigenvalue weighted by atomic mass is 9.91. The number of aromatic amines is 1. The summed E-state index contributed by atoms with van der Waals surface area (Å²) in [5, 5.41) is 22.4. The Morgan fingerprint density at radius 3 is 2.41 bits per heavy atom. The number of fused-ring (bicyclic) bond motifs is 2. The Labute approximate surface area is 237 Å². The fourth-order valence-corrected chi connectivity index (χ4v) is 5.60. The molecule has 41 heavy (non-hydrogen) atoms. The van der Waals surface area contributed by atoms with Crippen molar-refractivity contribution < 1.29 is 24.6 Å². The molecule has 1 aliphatic heterocycles. The zero-order valence-corrected chi connectivity index (χ0v) is 22.9. The van der Waals surface area contributed by atoms with Crippen LogP contribution in [0.5, 0.6) is 5.75 Å². The van der Waals surface area contributed by atoms with Gasteiger partial charge in [-0.1, -0.05) is 36.4 Å². The highest BCUT2D eigenvalue weighted by Crippen LogP contribution is 2.27. The molecule has 0 saturated carbocycles. The number of amides is 2. The van der Waals surface area contributed by atoms with Gasteiger partial charge in [-0.25, -0.2) is 4.98 Å². The Hall–Kier alpha value is -4.70. The van der Waals surface area contributed by atoms with Gasteiger partial charge in [0.05, 0.1) is 29.5 Å². The molecule has 5 rings (SSSR count). The van der Waals surface area contributed by atoms with E-state index in [1.165, 1.54) is 4.90 Å². The number of nitrogens with one attached hydrogen (secondary N) is 2. The molecule has 0 aliphatic carbocycles. The summed E-state index contributed by atoms with van der Waals surface area (Å²) < 4.78 is 0. The van der Waals surface area contributed by atoms with Gasteiger partial charge in [0, 0.05) is 13.0 Å². The minimum atomic E-state index is -1.10. The monoisotopic (exact) mass is 555 g/mol. The van der Waals surface area contributed by atoms with Crippen molar-refractivity contribution in [3.8, 4) is 5.75 Å². The smallest absolute Gasteiger partial charge is 0.305 e. The number of carbonyl (C=O) groups is 3. The average molecular weight is 556 g/mol. The molecule has 1 aliphatic rings. The van der Waals surface area contributed by atoms with E-state index in [2.05, 4.69) is 15.3 Å². The second kappa shape index (κ2) is 11.4. The summed E-state index contributed by atoms with van der Waals surface area (Å²) in [6.45, 7) is 3.91. The van der Waals surface area contributed by atoms with Crippen LogP contribution >= 0.6 is 0 Å². The number of imidazole rings is 1. The number of aromatic hydroxyl groups is 1. The van der Waals surface area contributed by atoms with Crippen LogP contribution in [0.25, 0.3) is 11.0 Å². The zero-order valence-electron chi connectivity index (χ0n) is 22.9. The number of nitrogens with zero attached hydrogens (tertiary/aromatic N) is 2. The molecule has 3 aromatic carbocycles. The second-order valence-electron chi connectivity index (χ2n) is 10.6. The lowest BCUT2D eigenvalue weighted by Crippen LogP contribution is -2.57. The van der Waals surface area contributed by atoms with Gasteiger partial charge >= 0.3 is 5.97 Å². The number of carboxylic acids is 1. The molecule has 0 saturated heterocycles. The van der Waals surface area contributed by atoms with E-state index in [0.29, 0.717) is 11.3 Å². The quantitative estimate of drug-likeness (QED) is 0.223. The Balaban J connectivity index is 1.42. The van der Waals surface area contributed by atoms with Gasteiger partial charge < -0.3 is 31.1 Å². The lowest BCUT2D eigenvalue weighted by Gasteiger charge is -2.38. The highest BCUT2D eigenvalue weighted by molar-refractivity contribution is 5.91. The number of hydrogen-bond donors (Lipinski definition) is 5. The summed E-state index contributed by atoms with van der Waals surface area (Å²) in [6.07, 6.45) is 0.114. The van der Waals surface area contributed by atoms with Gasteiger partial charge in [-0.05, 0) is 72.4 Å². The second-order valence-corrected chi connectivity index (χ2v) is 10.6. The summed E-state index contributed by atoms with van der Waals surface area (Å²) in [7, 11) is 0. The van der Waals surface area contributed by atoms with Crippen molar-refractivity contribution in [2.45, 2.75) is 57.8 Å². The van der Waals surface area contributed by atoms with Crippen LogP contribution in [0.3, 0.4) is 0 Å². The fourth-order valence-electron chi connectivity index (χ4n) is 5.60. The molecule has 10 heteroatoms. The van der Waals surface area contributed by atoms with E-state index >= 15 is 0 Å². The highest BCUT2D eigenvalue weighted by Gasteiger charge is 2.38. The minimum Gasteiger partial charge on any atom is -0.508 e. The molecule has 3 atom stereocenters. The molecular formula is C31H33N5O5. The molecule has 0 spiro atoms. The zero-order chi connectivity index (χ0) is 29.3. The van der Waals surface area contributed by atoms with Gasteiger partial charge in [-0.15, -0.1) is 0 Å². The number of carbonyl (C=O) groups excluding carboxylic acids is 2. The number of phenolic OH excluding ortho intramolecular Hbond substituents is 1. The molecule has 0 fully saturated rings. The first-order valence-corrected chi connectivity index (χ1v) is 13.5. The minimum absolute atomic E-state index is 0.147. The maximum Gasteiger partial charge on any atom is 0.305 e. The van der Waals surface area contributed by atoms with Gasteiger partial charge in [0.25, 0.3) is 0 Å². The van der Waals surface area contributed by atoms with Gasteiger partial charge in [0.2, 0.25) is 11.8 Å². The number of carboxylic acid groups (broad SMARTS) is 1. The molecule has 0 radical (unpaired) electrons. The van der Waals surface area contributed by atoms with Gasteiger partial charge in [0.15, 0.2) is 0 Å². The summed E-state index contributed by atoms with van der Waals surface area (Å²) in [5.74, 6) is -1.49. The Morgan fingerprint density at radius 2 is 1.73 bits per heavy atom. The number of nitrogens with two attached hydrogens (primary N) is 1. The normalized spacial score (nSPS) is 16.2. The number of rotatable bonds is 8. The summed E-state index contributed by atoms with van der Waals surface area (Å²) >= 11 is 0. The van der Waals surface area contributed by atoms with E-state index in [-0.39, 0.29) is 37.5 Å². The molecule has 6 N–H and O–H groups in total.